The summed E-state index contributed by atoms with van der Waals surface area (Å²) in [5.41, 5.74) is 3.37. The zero-order chi connectivity index (χ0) is 20.7. The Labute approximate surface area is 180 Å². The quantitative estimate of drug-likeness (QED) is 0.457. The molecule has 152 valence electrons. The van der Waals surface area contributed by atoms with E-state index in [9.17, 15) is 4.79 Å². The number of rotatable bonds is 3. The molecule has 9 nitrogen and oxygen atoms in total. The van der Waals surface area contributed by atoms with Crippen LogP contribution in [0.2, 0.25) is 0 Å². The maximum absolute atomic E-state index is 12.6. The van der Waals surface area contributed by atoms with Crippen molar-refractivity contribution in [1.82, 2.24) is 29.9 Å². The molecule has 30 heavy (non-hydrogen) atoms. The van der Waals surface area contributed by atoms with E-state index in [-0.39, 0.29) is 5.91 Å². The smallest absolute Gasteiger partial charge is 0.289 e. The minimum Gasteiger partial charge on any atom is -0.444 e. The Hall–Kier alpha value is -3.27. The molecule has 5 rings (SSSR count). The van der Waals surface area contributed by atoms with Gasteiger partial charge in [0, 0.05) is 26.2 Å². The highest BCUT2D eigenvalue weighted by molar-refractivity contribution is 9.10. The van der Waals surface area contributed by atoms with Crippen LogP contribution in [0.5, 0.6) is 0 Å². The molecule has 4 heterocycles. The van der Waals surface area contributed by atoms with Crippen LogP contribution in [0.25, 0.3) is 16.9 Å². The minimum atomic E-state index is -0.112. The van der Waals surface area contributed by atoms with Gasteiger partial charge in [-0.25, -0.2) is 9.97 Å². The first-order valence-corrected chi connectivity index (χ1v) is 10.3. The second-order valence-corrected chi connectivity index (χ2v) is 7.87. The lowest BCUT2D eigenvalue weighted by atomic mass is 10.2. The van der Waals surface area contributed by atoms with Gasteiger partial charge in [0.1, 0.15) is 6.33 Å². The van der Waals surface area contributed by atoms with Crippen molar-refractivity contribution in [2.24, 2.45) is 0 Å². The lowest BCUT2D eigenvalue weighted by molar-refractivity contribution is 0.0713. The second kappa shape index (κ2) is 7.52. The number of furan rings is 1. The fourth-order valence-corrected chi connectivity index (χ4v) is 3.84. The fourth-order valence-electron chi connectivity index (χ4n) is 3.53. The van der Waals surface area contributed by atoms with Crippen LogP contribution >= 0.6 is 15.9 Å². The highest BCUT2D eigenvalue weighted by Crippen LogP contribution is 2.24. The van der Waals surface area contributed by atoms with Gasteiger partial charge in [0.05, 0.1) is 5.69 Å². The van der Waals surface area contributed by atoms with E-state index in [1.807, 2.05) is 31.2 Å². The van der Waals surface area contributed by atoms with Crippen LogP contribution in [0.15, 0.2) is 51.8 Å². The Balaban J connectivity index is 1.37. The highest BCUT2D eigenvalue weighted by Gasteiger charge is 2.26. The second-order valence-electron chi connectivity index (χ2n) is 7.09. The number of nitrogens with zero attached hydrogens (tertiary/aromatic N) is 7. The van der Waals surface area contributed by atoms with E-state index in [0.717, 1.165) is 11.5 Å². The molecule has 1 aliphatic rings. The van der Waals surface area contributed by atoms with Crippen molar-refractivity contribution >= 4 is 38.8 Å². The molecular weight excluding hydrogens is 450 g/mol. The predicted octanol–water partition coefficient (Wildman–Crippen LogP) is 2.84. The zero-order valence-corrected chi connectivity index (χ0v) is 17.8. The maximum Gasteiger partial charge on any atom is 0.289 e. The molecule has 1 aromatic carbocycles. The molecule has 4 aromatic rings. The third-order valence-electron chi connectivity index (χ3n) is 5.15. The molecule has 1 aliphatic heterocycles. The first-order chi connectivity index (χ1) is 14.6. The summed E-state index contributed by atoms with van der Waals surface area (Å²) in [4.78, 5) is 25.3. The summed E-state index contributed by atoms with van der Waals surface area (Å²) in [6, 6.07) is 11.4. The van der Waals surface area contributed by atoms with Crippen LogP contribution < -0.4 is 4.90 Å². The number of carbonyl (C=O) groups excluding carboxylic acids is 1. The third-order valence-corrected chi connectivity index (χ3v) is 5.57. The summed E-state index contributed by atoms with van der Waals surface area (Å²) in [6.45, 7) is 4.44. The topological polar surface area (TPSA) is 93.2 Å². The van der Waals surface area contributed by atoms with Crippen molar-refractivity contribution in [2.75, 3.05) is 31.1 Å². The number of hydrogen-bond donors (Lipinski definition) is 0. The molecular formula is C20H18BrN7O2. The number of hydrogen-bond acceptors (Lipinski definition) is 7. The van der Waals surface area contributed by atoms with Crippen molar-refractivity contribution in [1.29, 1.82) is 0 Å². The minimum absolute atomic E-state index is 0.112. The third kappa shape index (κ3) is 3.32. The van der Waals surface area contributed by atoms with Crippen LogP contribution in [0, 0.1) is 6.92 Å². The highest BCUT2D eigenvalue weighted by atomic mass is 79.9. The van der Waals surface area contributed by atoms with Crippen LogP contribution in [-0.2, 0) is 0 Å². The Morgan fingerprint density at radius 3 is 2.50 bits per heavy atom. The molecule has 1 saturated heterocycles. The van der Waals surface area contributed by atoms with Crippen LogP contribution in [0.3, 0.4) is 0 Å². The van der Waals surface area contributed by atoms with Crippen molar-refractivity contribution in [3.05, 3.63) is 58.7 Å². The van der Waals surface area contributed by atoms with Crippen LogP contribution in [0.1, 0.15) is 16.1 Å². The average Bonchev–Trinajstić information content (AvgIpc) is 3.40. The largest absolute Gasteiger partial charge is 0.444 e. The molecule has 0 radical (unpaired) electrons. The molecule has 0 N–H and O–H groups in total. The standard InChI is InChI=1S/C20H18BrN7O2/c1-13-2-4-14(5-3-13)28-19-17(24-25-28)18(22-12-23-19)26-8-10-27(11-9-26)20(29)15-6-7-16(21)30-15/h2-7,12H,8-11H2,1H3. The number of amides is 1. The van der Waals surface area contributed by atoms with Crippen molar-refractivity contribution in [2.45, 2.75) is 6.92 Å². The number of carbonyl (C=O) groups is 1. The lowest BCUT2D eigenvalue weighted by Crippen LogP contribution is -2.49. The number of aromatic nitrogens is 5. The summed E-state index contributed by atoms with van der Waals surface area (Å²) < 4.78 is 7.65. The number of piperazine rings is 1. The number of anilines is 1. The Morgan fingerprint density at radius 1 is 1.03 bits per heavy atom. The Bertz CT molecular complexity index is 1210. The monoisotopic (exact) mass is 467 g/mol. The van der Waals surface area contributed by atoms with Crippen molar-refractivity contribution in [3.63, 3.8) is 0 Å². The van der Waals surface area contributed by atoms with Gasteiger partial charge in [-0.2, -0.15) is 4.68 Å². The van der Waals surface area contributed by atoms with Gasteiger partial charge in [-0.1, -0.05) is 22.9 Å². The summed E-state index contributed by atoms with van der Waals surface area (Å²) in [7, 11) is 0. The van der Waals surface area contributed by atoms with Gasteiger partial charge in [-0.05, 0) is 47.1 Å². The van der Waals surface area contributed by atoms with Gasteiger partial charge in [0.25, 0.3) is 5.91 Å². The number of fused-ring (bicyclic) bond motifs is 1. The number of halogens is 1. The molecule has 0 bridgehead atoms. The Kier molecular flexibility index (Phi) is 4.70. The predicted molar refractivity (Wildman–Crippen MR) is 114 cm³/mol. The zero-order valence-electron chi connectivity index (χ0n) is 16.2. The molecule has 1 fully saturated rings. The molecule has 0 saturated carbocycles. The number of aryl methyl sites for hydroxylation is 1. The molecule has 0 aliphatic carbocycles. The molecule has 10 heteroatoms. The van der Waals surface area contributed by atoms with E-state index in [2.05, 4.69) is 41.1 Å². The summed E-state index contributed by atoms with van der Waals surface area (Å²) in [6.07, 6.45) is 1.53. The van der Waals surface area contributed by atoms with Gasteiger partial charge < -0.3 is 14.2 Å². The normalized spacial score (nSPS) is 14.5. The van der Waals surface area contributed by atoms with Gasteiger partial charge in [0.15, 0.2) is 27.4 Å². The molecule has 3 aromatic heterocycles. The summed E-state index contributed by atoms with van der Waals surface area (Å²) in [5, 5.41) is 8.63. The van der Waals surface area contributed by atoms with E-state index in [1.165, 1.54) is 11.9 Å². The maximum atomic E-state index is 12.6. The molecule has 0 atom stereocenters. The van der Waals surface area contributed by atoms with Crippen LogP contribution in [0.4, 0.5) is 5.82 Å². The first-order valence-electron chi connectivity index (χ1n) is 9.53. The first kappa shape index (κ1) is 18.7. The summed E-state index contributed by atoms with van der Waals surface area (Å²) in [5.74, 6) is 0.950. The van der Waals surface area contributed by atoms with E-state index in [4.69, 9.17) is 4.42 Å². The Morgan fingerprint density at radius 2 is 1.80 bits per heavy atom. The average molecular weight is 468 g/mol. The summed E-state index contributed by atoms with van der Waals surface area (Å²) >= 11 is 3.24. The lowest BCUT2D eigenvalue weighted by Gasteiger charge is -2.34. The van der Waals surface area contributed by atoms with E-state index in [1.54, 1.807) is 21.7 Å². The molecule has 1 amide bonds. The number of benzene rings is 1. The SMILES string of the molecule is Cc1ccc(-n2nnc3c(N4CCN(C(=O)c5ccc(Br)o5)CC4)ncnc32)cc1. The van der Waals surface area contributed by atoms with Crippen molar-refractivity contribution in [3.8, 4) is 5.69 Å². The fraction of sp³-hybridized carbons (Fsp3) is 0.250. The van der Waals surface area contributed by atoms with Crippen LogP contribution in [-0.4, -0.2) is 61.9 Å². The van der Waals surface area contributed by atoms with Gasteiger partial charge >= 0.3 is 0 Å². The van der Waals surface area contributed by atoms with Gasteiger partial charge in [0.2, 0.25) is 0 Å². The molecule has 0 unspecified atom stereocenters. The van der Waals surface area contributed by atoms with E-state index >= 15 is 0 Å². The van der Waals surface area contributed by atoms with Gasteiger partial charge in [-0.15, -0.1) is 5.10 Å². The molecule has 0 spiro atoms. The van der Waals surface area contributed by atoms with E-state index in [0.29, 0.717) is 47.8 Å². The van der Waals surface area contributed by atoms with Gasteiger partial charge in [-0.3, -0.25) is 4.79 Å². The van der Waals surface area contributed by atoms with E-state index < -0.39 is 0 Å². The van der Waals surface area contributed by atoms with Crippen molar-refractivity contribution < 1.29 is 9.21 Å².